The lowest BCUT2D eigenvalue weighted by Gasteiger charge is -2.15. The van der Waals surface area contributed by atoms with Gasteiger partial charge in [0.1, 0.15) is 11.4 Å². The van der Waals surface area contributed by atoms with Gasteiger partial charge in [0.2, 0.25) is 15.7 Å². The maximum Gasteiger partial charge on any atom is 0.337 e. The Morgan fingerprint density at radius 2 is 1.64 bits per heavy atom. The van der Waals surface area contributed by atoms with Crippen LogP contribution in [0.4, 0.5) is 5.69 Å². The monoisotopic (exact) mass is 488 g/mol. The van der Waals surface area contributed by atoms with Gasteiger partial charge in [0, 0.05) is 16.4 Å². The van der Waals surface area contributed by atoms with Crippen molar-refractivity contribution in [2.24, 2.45) is 0 Å². The number of hydrogen-bond acceptors (Lipinski definition) is 6. The van der Waals surface area contributed by atoms with E-state index in [9.17, 15) is 22.8 Å². The molecule has 2 aromatic carbocycles. The number of sulfone groups is 1. The van der Waals surface area contributed by atoms with E-state index in [1.165, 1.54) is 62.6 Å². The molecule has 0 aliphatic rings. The summed E-state index contributed by atoms with van der Waals surface area (Å²) in [6, 6.07) is 13.1. The summed E-state index contributed by atoms with van der Waals surface area (Å²) in [7, 11) is -2.87. The predicted octanol–water partition coefficient (Wildman–Crippen LogP) is 3.38. The van der Waals surface area contributed by atoms with Crippen LogP contribution in [0.5, 0.6) is 0 Å². The smallest absolute Gasteiger partial charge is 0.337 e. The van der Waals surface area contributed by atoms with Crippen molar-refractivity contribution in [1.82, 2.24) is 4.57 Å². The van der Waals surface area contributed by atoms with Gasteiger partial charge in [-0.3, -0.25) is 9.59 Å². The van der Waals surface area contributed by atoms with Crippen LogP contribution in [0, 0.1) is 13.8 Å². The second-order valence-electron chi connectivity index (χ2n) is 7.26. The number of aryl methyl sites for hydroxylation is 2. The molecule has 1 N–H and O–H groups in total. The van der Waals surface area contributed by atoms with E-state index in [-0.39, 0.29) is 10.5 Å². The summed E-state index contributed by atoms with van der Waals surface area (Å²) in [5, 5.41) is 2.99. The molecule has 0 unspecified atom stereocenters. The molecule has 172 valence electrons. The Morgan fingerprint density at radius 3 is 2.21 bits per heavy atom. The van der Waals surface area contributed by atoms with Gasteiger partial charge >= 0.3 is 5.97 Å². The number of aromatic nitrogens is 1. The summed E-state index contributed by atoms with van der Waals surface area (Å²) in [4.78, 5) is 36.8. The first-order valence-electron chi connectivity index (χ1n) is 9.74. The lowest BCUT2D eigenvalue weighted by molar-refractivity contribution is -0.116. The van der Waals surface area contributed by atoms with Gasteiger partial charge in [-0.15, -0.1) is 0 Å². The summed E-state index contributed by atoms with van der Waals surface area (Å²) in [6.07, 6.45) is 0. The molecule has 0 saturated carbocycles. The zero-order chi connectivity index (χ0) is 24.3. The zero-order valence-electron chi connectivity index (χ0n) is 18.1. The first-order valence-corrected chi connectivity index (χ1v) is 11.6. The number of anilines is 1. The highest BCUT2D eigenvalue weighted by molar-refractivity contribution is 7.91. The van der Waals surface area contributed by atoms with Gasteiger partial charge in [0.25, 0.3) is 5.56 Å². The molecule has 1 amide bonds. The van der Waals surface area contributed by atoms with Crippen LogP contribution in [0.15, 0.2) is 69.2 Å². The molecule has 0 aliphatic carbocycles. The minimum absolute atomic E-state index is 0.0716. The molecule has 0 spiro atoms. The SMILES string of the molecule is COC(=O)c1ccc(NC(=O)Cn2c(C)cc(C)c(S(=O)(=O)c3ccc(Cl)cc3)c2=O)cc1. The molecule has 3 aromatic rings. The molecule has 8 nitrogen and oxygen atoms in total. The first-order chi connectivity index (χ1) is 15.5. The largest absolute Gasteiger partial charge is 0.465 e. The van der Waals surface area contributed by atoms with Crippen LogP contribution in [0.2, 0.25) is 5.02 Å². The van der Waals surface area contributed by atoms with E-state index >= 15 is 0 Å². The molecular weight excluding hydrogens is 468 g/mol. The van der Waals surface area contributed by atoms with E-state index in [1.807, 2.05) is 0 Å². The van der Waals surface area contributed by atoms with Crippen LogP contribution in [0.25, 0.3) is 0 Å². The van der Waals surface area contributed by atoms with Crippen LogP contribution >= 0.6 is 11.6 Å². The van der Waals surface area contributed by atoms with Gasteiger partial charge in [0.05, 0.1) is 17.6 Å². The highest BCUT2D eigenvalue weighted by Crippen LogP contribution is 2.23. The van der Waals surface area contributed by atoms with Crippen molar-refractivity contribution in [3.05, 3.63) is 86.8 Å². The van der Waals surface area contributed by atoms with Gasteiger partial charge in [-0.2, -0.15) is 0 Å². The molecule has 0 radical (unpaired) electrons. The molecule has 0 saturated heterocycles. The fourth-order valence-electron chi connectivity index (χ4n) is 3.31. The summed E-state index contributed by atoms with van der Waals surface area (Å²) in [6.45, 7) is 2.75. The Labute approximate surface area is 195 Å². The number of pyridine rings is 1. The number of carbonyl (C=O) groups excluding carboxylic acids is 2. The Balaban J connectivity index is 1.91. The number of halogens is 1. The normalized spacial score (nSPS) is 11.2. The third kappa shape index (κ3) is 5.15. The topological polar surface area (TPSA) is 112 Å². The number of benzene rings is 2. The number of rotatable bonds is 6. The molecule has 3 rings (SSSR count). The van der Waals surface area contributed by atoms with E-state index < -0.39 is 38.7 Å². The molecule has 0 fully saturated rings. The van der Waals surface area contributed by atoms with Gasteiger partial charge in [-0.1, -0.05) is 11.6 Å². The standard InChI is InChI=1S/C23H21ClN2O6S/c1-14-12-15(2)26(13-20(27)25-18-8-4-16(5-9-18)23(29)32-3)22(28)21(14)33(30,31)19-10-6-17(24)7-11-19/h4-12H,13H2,1-3H3,(H,25,27). The highest BCUT2D eigenvalue weighted by Gasteiger charge is 2.26. The summed E-state index contributed by atoms with van der Waals surface area (Å²) in [5.41, 5.74) is 0.641. The maximum absolute atomic E-state index is 13.2. The Kier molecular flexibility index (Phi) is 7.04. The van der Waals surface area contributed by atoms with Crippen LogP contribution in [0.3, 0.4) is 0 Å². The first kappa shape index (κ1) is 24.2. The Morgan fingerprint density at radius 1 is 1.03 bits per heavy atom. The van der Waals surface area contributed by atoms with Crippen molar-refractivity contribution in [2.75, 3.05) is 12.4 Å². The molecule has 33 heavy (non-hydrogen) atoms. The Bertz CT molecular complexity index is 1380. The third-order valence-corrected chi connectivity index (χ3v) is 7.11. The minimum Gasteiger partial charge on any atom is -0.465 e. The Hall–Kier alpha value is -3.43. The molecule has 10 heteroatoms. The number of esters is 1. The van der Waals surface area contributed by atoms with Crippen molar-refractivity contribution >= 4 is 39.0 Å². The van der Waals surface area contributed by atoms with E-state index in [1.54, 1.807) is 13.0 Å². The summed E-state index contributed by atoms with van der Waals surface area (Å²) >= 11 is 5.84. The second kappa shape index (κ2) is 9.60. The van der Waals surface area contributed by atoms with Crippen LogP contribution in [-0.4, -0.2) is 32.0 Å². The van der Waals surface area contributed by atoms with E-state index in [0.29, 0.717) is 22.0 Å². The van der Waals surface area contributed by atoms with Crippen LogP contribution in [0.1, 0.15) is 21.6 Å². The number of methoxy groups -OCH3 is 1. The number of hydrogen-bond donors (Lipinski definition) is 1. The molecule has 1 heterocycles. The third-order valence-electron chi connectivity index (χ3n) is 4.93. The lowest BCUT2D eigenvalue weighted by Crippen LogP contribution is -2.33. The number of amides is 1. The van der Waals surface area contributed by atoms with Gasteiger partial charge in [-0.05, 0) is 74.0 Å². The maximum atomic E-state index is 13.2. The number of carbonyl (C=O) groups is 2. The average Bonchev–Trinajstić information content (AvgIpc) is 2.76. The zero-order valence-corrected chi connectivity index (χ0v) is 19.7. The highest BCUT2D eigenvalue weighted by atomic mass is 35.5. The average molecular weight is 489 g/mol. The molecule has 1 aromatic heterocycles. The molecule has 0 bridgehead atoms. The number of nitrogens with one attached hydrogen (secondary N) is 1. The minimum atomic E-state index is -4.13. The van der Waals surface area contributed by atoms with Crippen molar-refractivity contribution < 1.29 is 22.7 Å². The van der Waals surface area contributed by atoms with Crippen LogP contribution in [-0.2, 0) is 25.9 Å². The summed E-state index contributed by atoms with van der Waals surface area (Å²) < 4.78 is 32.0. The van der Waals surface area contributed by atoms with Gasteiger partial charge in [-0.25, -0.2) is 13.2 Å². The van der Waals surface area contributed by atoms with Crippen molar-refractivity contribution in [3.8, 4) is 0 Å². The lowest BCUT2D eigenvalue weighted by atomic mass is 10.2. The van der Waals surface area contributed by atoms with E-state index in [4.69, 9.17) is 11.6 Å². The second-order valence-corrected chi connectivity index (χ2v) is 9.59. The van der Waals surface area contributed by atoms with E-state index in [0.717, 1.165) is 4.57 Å². The molecular formula is C23H21ClN2O6S. The van der Waals surface area contributed by atoms with E-state index in [2.05, 4.69) is 10.1 Å². The fraction of sp³-hybridized carbons (Fsp3) is 0.174. The van der Waals surface area contributed by atoms with Crippen molar-refractivity contribution in [3.63, 3.8) is 0 Å². The van der Waals surface area contributed by atoms with Gasteiger partial charge < -0.3 is 14.6 Å². The van der Waals surface area contributed by atoms with Crippen molar-refractivity contribution in [2.45, 2.75) is 30.2 Å². The predicted molar refractivity (Wildman–Crippen MR) is 123 cm³/mol. The quantitative estimate of drug-likeness (QED) is 0.532. The number of nitrogens with zero attached hydrogens (tertiary/aromatic N) is 1. The molecule has 0 atom stereocenters. The van der Waals surface area contributed by atoms with Crippen molar-refractivity contribution in [1.29, 1.82) is 0 Å². The van der Waals surface area contributed by atoms with Gasteiger partial charge in [0.15, 0.2) is 0 Å². The fourth-order valence-corrected chi connectivity index (χ4v) is 4.99. The number of ether oxygens (including phenoxy) is 1. The molecule has 0 aliphatic heterocycles. The summed E-state index contributed by atoms with van der Waals surface area (Å²) in [5.74, 6) is -1.05. The van der Waals surface area contributed by atoms with Crippen LogP contribution < -0.4 is 10.9 Å².